The maximum Gasteiger partial charge on any atom is 0.227 e. The number of hydrogen-bond acceptors (Lipinski definition) is 4. The summed E-state index contributed by atoms with van der Waals surface area (Å²) in [5.74, 6) is 0.372. The summed E-state index contributed by atoms with van der Waals surface area (Å²) in [7, 11) is -3.23. The first kappa shape index (κ1) is 18.7. The van der Waals surface area contributed by atoms with Crippen LogP contribution in [-0.2, 0) is 21.1 Å². The fraction of sp³-hybridized carbons (Fsp3) is 0.316. The summed E-state index contributed by atoms with van der Waals surface area (Å²) in [6, 6.07) is 11.7. The van der Waals surface area contributed by atoms with E-state index < -0.39 is 9.84 Å². The molecule has 5 nitrogen and oxygen atoms in total. The Hall–Kier alpha value is -2.05. The number of carbonyl (C=O) groups excluding carboxylic acids is 1. The fourth-order valence-corrected chi connectivity index (χ4v) is 3.77. The molecule has 2 atom stereocenters. The number of carbonyl (C=O) groups is 1. The van der Waals surface area contributed by atoms with Crippen molar-refractivity contribution in [3.05, 3.63) is 58.6 Å². The summed E-state index contributed by atoms with van der Waals surface area (Å²) in [6.07, 6.45) is 1.74. The lowest BCUT2D eigenvalue weighted by molar-refractivity contribution is -0.126. The molecule has 2 unspecified atom stereocenters. The average molecular weight is 394 g/mol. The summed E-state index contributed by atoms with van der Waals surface area (Å²) < 4.78 is 28.7. The zero-order chi connectivity index (χ0) is 18.9. The molecule has 2 aromatic rings. The van der Waals surface area contributed by atoms with Crippen LogP contribution in [0.2, 0.25) is 5.02 Å². The van der Waals surface area contributed by atoms with Gasteiger partial charge in [0.2, 0.25) is 5.91 Å². The smallest absolute Gasteiger partial charge is 0.227 e. The number of sulfone groups is 1. The van der Waals surface area contributed by atoms with Crippen LogP contribution in [0.1, 0.15) is 24.1 Å². The Morgan fingerprint density at radius 3 is 2.58 bits per heavy atom. The summed E-state index contributed by atoms with van der Waals surface area (Å²) >= 11 is 6.01. The third kappa shape index (κ3) is 4.19. The van der Waals surface area contributed by atoms with Crippen molar-refractivity contribution in [1.29, 1.82) is 0 Å². The van der Waals surface area contributed by atoms with Crippen molar-refractivity contribution in [3.8, 4) is 5.75 Å². The second-order valence-electron chi connectivity index (χ2n) is 6.54. The SMILES string of the molecule is CC(NC(=O)C1COc2ccc(Cl)cc2C1)c1ccc(S(C)(=O)=O)cc1. The van der Waals surface area contributed by atoms with Crippen molar-refractivity contribution in [3.63, 3.8) is 0 Å². The molecule has 0 fully saturated rings. The molecule has 0 saturated heterocycles. The van der Waals surface area contributed by atoms with Gasteiger partial charge in [-0.15, -0.1) is 0 Å². The Balaban J connectivity index is 1.66. The van der Waals surface area contributed by atoms with Gasteiger partial charge in [-0.25, -0.2) is 8.42 Å². The molecule has 0 aromatic heterocycles. The Morgan fingerprint density at radius 1 is 1.23 bits per heavy atom. The van der Waals surface area contributed by atoms with Gasteiger partial charge in [0.25, 0.3) is 0 Å². The predicted molar refractivity (Wildman–Crippen MR) is 100 cm³/mol. The normalized spacial score (nSPS) is 17.7. The number of ether oxygens (including phenoxy) is 1. The number of halogens is 1. The molecule has 1 aliphatic rings. The second kappa shape index (κ2) is 7.29. The van der Waals surface area contributed by atoms with Crippen LogP contribution in [0.25, 0.3) is 0 Å². The number of nitrogens with one attached hydrogen (secondary N) is 1. The van der Waals surface area contributed by atoms with Gasteiger partial charge in [0.15, 0.2) is 9.84 Å². The quantitative estimate of drug-likeness (QED) is 0.865. The van der Waals surface area contributed by atoms with E-state index in [1.165, 1.54) is 6.26 Å². The molecule has 0 aliphatic carbocycles. The second-order valence-corrected chi connectivity index (χ2v) is 8.99. The monoisotopic (exact) mass is 393 g/mol. The Labute approximate surface area is 158 Å². The van der Waals surface area contributed by atoms with Gasteiger partial charge in [-0.2, -0.15) is 0 Å². The van der Waals surface area contributed by atoms with Crippen molar-refractivity contribution < 1.29 is 17.9 Å². The number of benzene rings is 2. The Bertz CT molecular complexity index is 925. The first-order chi connectivity index (χ1) is 12.2. The first-order valence-electron chi connectivity index (χ1n) is 8.25. The number of amides is 1. The van der Waals surface area contributed by atoms with Crippen LogP contribution in [0.4, 0.5) is 0 Å². The van der Waals surface area contributed by atoms with E-state index in [0.29, 0.717) is 18.1 Å². The highest BCUT2D eigenvalue weighted by molar-refractivity contribution is 7.90. The molecule has 26 heavy (non-hydrogen) atoms. The zero-order valence-electron chi connectivity index (χ0n) is 14.5. The molecule has 1 heterocycles. The molecule has 2 aromatic carbocycles. The minimum absolute atomic E-state index is 0.102. The van der Waals surface area contributed by atoms with Crippen LogP contribution in [0.5, 0.6) is 5.75 Å². The molecule has 0 spiro atoms. The molecule has 0 bridgehead atoms. The molecule has 0 saturated carbocycles. The van der Waals surface area contributed by atoms with Crippen molar-refractivity contribution in [2.24, 2.45) is 5.92 Å². The van der Waals surface area contributed by atoms with E-state index in [1.54, 1.807) is 30.3 Å². The minimum Gasteiger partial charge on any atom is -0.492 e. The summed E-state index contributed by atoms with van der Waals surface area (Å²) in [5, 5.41) is 3.59. The van der Waals surface area contributed by atoms with Crippen LogP contribution >= 0.6 is 11.6 Å². The summed E-state index contributed by atoms with van der Waals surface area (Å²) in [6.45, 7) is 2.18. The average Bonchev–Trinajstić information content (AvgIpc) is 2.60. The van der Waals surface area contributed by atoms with Gasteiger partial charge in [-0.1, -0.05) is 23.7 Å². The van der Waals surface area contributed by atoms with Gasteiger partial charge >= 0.3 is 0 Å². The minimum atomic E-state index is -3.23. The van der Waals surface area contributed by atoms with Crippen molar-refractivity contribution in [2.45, 2.75) is 24.3 Å². The molecular weight excluding hydrogens is 374 g/mol. The number of fused-ring (bicyclic) bond motifs is 1. The first-order valence-corrected chi connectivity index (χ1v) is 10.5. The van der Waals surface area contributed by atoms with Crippen LogP contribution in [0.3, 0.4) is 0 Å². The van der Waals surface area contributed by atoms with Gasteiger partial charge in [0, 0.05) is 11.3 Å². The third-order valence-electron chi connectivity index (χ3n) is 4.47. The van der Waals surface area contributed by atoms with E-state index in [1.807, 2.05) is 19.1 Å². The maximum atomic E-state index is 12.6. The standard InChI is InChI=1S/C19H20ClNO4S/c1-12(13-3-6-17(7-4-13)26(2,23)24)21-19(22)15-9-14-10-16(20)5-8-18(14)25-11-15/h3-8,10,12,15H,9,11H2,1-2H3,(H,21,22). The van der Waals surface area contributed by atoms with Crippen LogP contribution < -0.4 is 10.1 Å². The lowest BCUT2D eigenvalue weighted by Crippen LogP contribution is -2.38. The van der Waals surface area contributed by atoms with Crippen LogP contribution in [0, 0.1) is 5.92 Å². The van der Waals surface area contributed by atoms with Gasteiger partial charge in [-0.3, -0.25) is 4.79 Å². The van der Waals surface area contributed by atoms with E-state index in [0.717, 1.165) is 16.9 Å². The molecule has 1 N–H and O–H groups in total. The van der Waals surface area contributed by atoms with Gasteiger partial charge in [0.1, 0.15) is 12.4 Å². The van der Waals surface area contributed by atoms with Gasteiger partial charge < -0.3 is 10.1 Å². The summed E-state index contributed by atoms with van der Waals surface area (Å²) in [5.41, 5.74) is 1.76. The van der Waals surface area contributed by atoms with Gasteiger partial charge in [-0.05, 0) is 54.8 Å². The topological polar surface area (TPSA) is 72.5 Å². The lowest BCUT2D eigenvalue weighted by Gasteiger charge is -2.26. The Morgan fingerprint density at radius 2 is 1.92 bits per heavy atom. The predicted octanol–water partition coefficient (Wildman–Crippen LogP) is 3.17. The van der Waals surface area contributed by atoms with E-state index in [2.05, 4.69) is 5.32 Å². The Kier molecular flexibility index (Phi) is 5.25. The summed E-state index contributed by atoms with van der Waals surface area (Å²) in [4.78, 5) is 12.8. The molecule has 0 radical (unpaired) electrons. The molecule has 1 aliphatic heterocycles. The zero-order valence-corrected chi connectivity index (χ0v) is 16.1. The largest absolute Gasteiger partial charge is 0.492 e. The van der Waals surface area contributed by atoms with E-state index in [-0.39, 0.29) is 22.8 Å². The number of rotatable bonds is 4. The van der Waals surface area contributed by atoms with E-state index >= 15 is 0 Å². The van der Waals surface area contributed by atoms with Crippen LogP contribution in [-0.4, -0.2) is 27.2 Å². The molecule has 7 heteroatoms. The molecular formula is C19H20ClNO4S. The highest BCUT2D eigenvalue weighted by atomic mass is 35.5. The number of hydrogen-bond donors (Lipinski definition) is 1. The highest BCUT2D eigenvalue weighted by Crippen LogP contribution is 2.30. The third-order valence-corrected chi connectivity index (χ3v) is 5.83. The molecule has 3 rings (SSSR count). The van der Waals surface area contributed by atoms with Crippen molar-refractivity contribution in [2.75, 3.05) is 12.9 Å². The van der Waals surface area contributed by atoms with Gasteiger partial charge in [0.05, 0.1) is 16.9 Å². The lowest BCUT2D eigenvalue weighted by atomic mass is 9.95. The molecule has 1 amide bonds. The van der Waals surface area contributed by atoms with Crippen molar-refractivity contribution in [1.82, 2.24) is 5.32 Å². The van der Waals surface area contributed by atoms with Crippen molar-refractivity contribution >= 4 is 27.3 Å². The fourth-order valence-electron chi connectivity index (χ4n) is 2.95. The van der Waals surface area contributed by atoms with E-state index in [9.17, 15) is 13.2 Å². The molecule has 138 valence electrons. The van der Waals surface area contributed by atoms with E-state index in [4.69, 9.17) is 16.3 Å². The highest BCUT2D eigenvalue weighted by Gasteiger charge is 2.27. The van der Waals surface area contributed by atoms with Crippen LogP contribution in [0.15, 0.2) is 47.4 Å². The maximum absolute atomic E-state index is 12.6.